The van der Waals surface area contributed by atoms with Crippen LogP contribution in [0.3, 0.4) is 0 Å². The smallest absolute Gasteiger partial charge is 0.508 e. The fourth-order valence-corrected chi connectivity index (χ4v) is 5.16. The van der Waals surface area contributed by atoms with Crippen molar-refractivity contribution in [3.63, 3.8) is 0 Å². The maximum atomic E-state index is 12.9. The summed E-state index contributed by atoms with van der Waals surface area (Å²) in [6.07, 6.45) is 0. The van der Waals surface area contributed by atoms with Crippen molar-refractivity contribution in [2.75, 3.05) is 0 Å². The number of carbonyl (C=O) groups excluding carboxylic acids is 2. The third-order valence-electron chi connectivity index (χ3n) is 7.86. The second kappa shape index (κ2) is 19.6. The molecule has 0 atom stereocenters. The van der Waals surface area contributed by atoms with Gasteiger partial charge in [-0.25, -0.2) is 30.1 Å². The van der Waals surface area contributed by atoms with Gasteiger partial charge in [-0.2, -0.15) is 0 Å². The maximum Gasteiger partial charge on any atom is 0.643 e. The molecule has 53 heavy (non-hydrogen) atoms. The highest BCUT2D eigenvalue weighted by atomic mass is 35.8. The van der Waals surface area contributed by atoms with E-state index in [2.05, 4.69) is 41.5 Å². The molecule has 4 aromatic carbocycles. The Kier molecular flexibility index (Phi) is 17.8. The largest absolute Gasteiger partial charge is 0.643 e. The molecule has 0 spiro atoms. The van der Waals surface area contributed by atoms with Crippen LogP contribution in [0, 0.1) is 0 Å². The van der Waals surface area contributed by atoms with Gasteiger partial charge < -0.3 is 20.4 Å². The molecule has 0 heterocycles. The van der Waals surface area contributed by atoms with Crippen molar-refractivity contribution in [2.24, 2.45) is 0 Å². The minimum absolute atomic E-state index is 0.00859. The van der Waals surface area contributed by atoms with E-state index in [-0.39, 0.29) is 44.7 Å². The molecule has 0 radical (unpaired) electrons. The van der Waals surface area contributed by atoms with Crippen molar-refractivity contribution in [1.82, 2.24) is 0 Å². The number of hydrogen-bond acceptors (Lipinski definition) is 6. The Morgan fingerprint density at radius 2 is 0.755 bits per heavy atom. The predicted octanol–water partition coefficient (Wildman–Crippen LogP) is 12.4. The number of phenolic OH excluding ortho intramolecular Hbond substituents is 4. The second-order valence-electron chi connectivity index (χ2n) is 16.6. The third-order valence-corrected chi connectivity index (χ3v) is 8.08. The lowest BCUT2D eigenvalue weighted by atomic mass is 9.78. The van der Waals surface area contributed by atoms with Gasteiger partial charge in [-0.3, -0.25) is 9.59 Å². The number of ketones is 1. The van der Waals surface area contributed by atoms with Gasteiger partial charge in [-0.05, 0) is 105 Å². The van der Waals surface area contributed by atoms with E-state index in [1.54, 1.807) is 24.3 Å². The minimum atomic E-state index is -1.72. The van der Waals surface area contributed by atoms with E-state index in [1.165, 1.54) is 36.4 Å². The van der Waals surface area contributed by atoms with Crippen LogP contribution in [-0.2, 0) is 21.7 Å². The van der Waals surface area contributed by atoms with Gasteiger partial charge in [0.25, 0.3) is 5.24 Å². The molecule has 0 amide bonds. The third kappa shape index (κ3) is 15.8. The van der Waals surface area contributed by atoms with Crippen molar-refractivity contribution < 1.29 is 30.0 Å². The fourth-order valence-electron chi connectivity index (χ4n) is 5.03. The molecular weight excluding hydrogens is 769 g/mol. The average Bonchev–Trinajstić information content (AvgIpc) is 2.99. The van der Waals surface area contributed by atoms with Crippen molar-refractivity contribution in [3.8, 4) is 23.0 Å². The number of phenols is 4. The lowest BCUT2D eigenvalue weighted by Crippen LogP contribution is -2.19. The Bertz CT molecular complexity index is 1740. The summed E-state index contributed by atoms with van der Waals surface area (Å²) in [7, 11) is 14.8. The monoisotopic (exact) mass is 820 g/mol. The van der Waals surface area contributed by atoms with Crippen LogP contribution in [0.5, 0.6) is 23.0 Å². The van der Waals surface area contributed by atoms with Gasteiger partial charge in [0.05, 0.1) is 0 Å². The van der Waals surface area contributed by atoms with Crippen LogP contribution in [0.15, 0.2) is 78.9 Å². The number of hydrogen-bond donors (Lipinski definition) is 4. The van der Waals surface area contributed by atoms with Crippen molar-refractivity contribution in [3.05, 3.63) is 118 Å². The fraction of sp³-hybridized carbons (Fsp3) is 0.381. The quantitative estimate of drug-likeness (QED) is 0.0929. The van der Waals surface area contributed by atoms with Gasteiger partial charge in [0.1, 0.15) is 23.0 Å². The first-order valence-electron chi connectivity index (χ1n) is 16.9. The summed E-state index contributed by atoms with van der Waals surface area (Å²) in [5.41, 5.74) is 4.44. The van der Waals surface area contributed by atoms with E-state index in [0.29, 0.717) is 22.4 Å². The van der Waals surface area contributed by atoms with Crippen molar-refractivity contribution >= 4 is 64.2 Å². The number of para-hydroxylation sites is 1. The first kappa shape index (κ1) is 48.1. The van der Waals surface area contributed by atoms with Gasteiger partial charge in [0, 0.05) is 27.8 Å². The molecule has 0 aliphatic heterocycles. The standard InChI is InChI=1S/C21H26O3.C14H22O.C7H5ClO2.Al.3ClH/c1-20(2,3)16-11-14(12-17(19(16)24)21(4,5)6)18(23)13-7-9-15(22)10-8-13;1-13(2,3)10-8-7-9-11(12(10)15)14(4,5)6;8-7(10)5-1-3-6(9)4-2-5;;;;/h7-12,22,24H,1-6H3;7-9,15H,1-6H3;1-4,9H;;3*1H/q;;;+3;;;/p-3. The molecule has 0 unspecified atom stereocenters. The van der Waals surface area contributed by atoms with Gasteiger partial charge in [-0.1, -0.05) is 101 Å². The molecule has 0 aliphatic carbocycles. The molecule has 288 valence electrons. The number of halogens is 4. The zero-order chi connectivity index (χ0) is 41.3. The van der Waals surface area contributed by atoms with Gasteiger partial charge in [-0.15, -0.1) is 0 Å². The van der Waals surface area contributed by atoms with E-state index in [1.807, 2.05) is 59.7 Å². The first-order valence-corrected chi connectivity index (χ1v) is 22.6. The van der Waals surface area contributed by atoms with Crippen LogP contribution >= 0.6 is 41.7 Å². The minimum Gasteiger partial charge on any atom is -0.508 e. The van der Waals surface area contributed by atoms with Crippen LogP contribution in [0.25, 0.3) is 0 Å². The zero-order valence-electron chi connectivity index (χ0n) is 32.7. The number of aromatic hydroxyl groups is 4. The summed E-state index contributed by atoms with van der Waals surface area (Å²) >= 11 is 3.41. The molecule has 0 aliphatic rings. The van der Waals surface area contributed by atoms with E-state index < -0.39 is 16.6 Å². The molecule has 0 aromatic heterocycles. The van der Waals surface area contributed by atoms with Crippen LogP contribution in [0.2, 0.25) is 0 Å². The molecule has 0 bridgehead atoms. The van der Waals surface area contributed by atoms with Gasteiger partial charge in [0.15, 0.2) is 5.78 Å². The van der Waals surface area contributed by atoms with Crippen LogP contribution in [0.4, 0.5) is 0 Å². The van der Waals surface area contributed by atoms with Crippen molar-refractivity contribution in [1.29, 1.82) is 0 Å². The zero-order valence-corrected chi connectivity index (χ0v) is 36.9. The molecule has 6 nitrogen and oxygen atoms in total. The number of benzene rings is 4. The Labute approximate surface area is 337 Å². The van der Waals surface area contributed by atoms with Gasteiger partial charge in [0.2, 0.25) is 0 Å². The topological polar surface area (TPSA) is 115 Å². The highest BCUT2D eigenvalue weighted by molar-refractivity contribution is 7.54. The summed E-state index contributed by atoms with van der Waals surface area (Å²) in [5, 5.41) is 38.7. The Morgan fingerprint density at radius 1 is 0.472 bits per heavy atom. The molecule has 0 fully saturated rings. The predicted molar refractivity (Wildman–Crippen MR) is 224 cm³/mol. The van der Waals surface area contributed by atoms with E-state index in [0.717, 1.165) is 22.3 Å². The maximum absolute atomic E-state index is 12.9. The molecule has 11 heteroatoms. The highest BCUT2D eigenvalue weighted by Crippen LogP contribution is 2.41. The van der Waals surface area contributed by atoms with Crippen LogP contribution in [-0.4, -0.2) is 42.8 Å². The first-order chi connectivity index (χ1) is 24.0. The Balaban J connectivity index is 0.000000411. The summed E-state index contributed by atoms with van der Waals surface area (Å²) in [5.74, 6) is 0.852. The second-order valence-corrected chi connectivity index (χ2v) is 23.3. The molecule has 0 saturated heterocycles. The summed E-state index contributed by atoms with van der Waals surface area (Å²) in [6.45, 7) is 24.8. The number of carbonyl (C=O) groups is 2. The van der Waals surface area contributed by atoms with Crippen LogP contribution < -0.4 is 0 Å². The number of rotatable bonds is 3. The molecule has 4 rings (SSSR count). The lowest BCUT2D eigenvalue weighted by molar-refractivity contribution is 0.103. The van der Waals surface area contributed by atoms with Gasteiger partial charge >= 0.3 is 11.4 Å². The normalized spacial score (nSPS) is 11.5. The molecule has 0 saturated carbocycles. The average molecular weight is 823 g/mol. The molecule has 4 aromatic rings. The Hall–Kier alpha value is -2.89. The SMILES string of the molecule is CC(C)(C)c1cc(C(=O)c2ccc(O)cc2)cc(C(C)(C)C)c1O.CC(C)(C)c1cccc(C(C)(C)C)c1O.O=C(Cl)c1ccc(O)cc1.[Cl][Al]([Cl])[Cl]. The summed E-state index contributed by atoms with van der Waals surface area (Å²) < 4.78 is 0. The highest BCUT2D eigenvalue weighted by Gasteiger charge is 2.28. The van der Waals surface area contributed by atoms with Crippen LogP contribution in [0.1, 0.15) is 132 Å². The van der Waals surface area contributed by atoms with E-state index in [9.17, 15) is 24.9 Å². The summed E-state index contributed by atoms with van der Waals surface area (Å²) in [4.78, 5) is 23.3. The van der Waals surface area contributed by atoms with E-state index in [4.69, 9.17) is 46.9 Å². The summed E-state index contributed by atoms with van der Waals surface area (Å²) in [6, 6.07) is 21.6. The molecule has 4 N–H and O–H groups in total. The van der Waals surface area contributed by atoms with Crippen molar-refractivity contribution in [2.45, 2.75) is 105 Å². The lowest BCUT2D eigenvalue weighted by Gasteiger charge is -2.28. The van der Waals surface area contributed by atoms with E-state index >= 15 is 0 Å². The molecular formula is C42H53AlCl4O6. The Morgan fingerprint density at radius 3 is 1.04 bits per heavy atom.